The van der Waals surface area contributed by atoms with E-state index in [0.29, 0.717) is 24.9 Å². The van der Waals surface area contributed by atoms with Crippen molar-refractivity contribution in [3.63, 3.8) is 0 Å². The van der Waals surface area contributed by atoms with Crippen LogP contribution in [0.4, 0.5) is 0 Å². The number of carbonyl (C=O) groups excluding carboxylic acids is 2. The molecule has 1 saturated heterocycles. The van der Waals surface area contributed by atoms with Crippen molar-refractivity contribution in [1.82, 2.24) is 4.90 Å². The van der Waals surface area contributed by atoms with E-state index < -0.39 is 0 Å². The average Bonchev–Trinajstić information content (AvgIpc) is 3.11. The number of nitrogens with zero attached hydrogens (tertiary/aromatic N) is 1. The fourth-order valence-electron chi connectivity index (χ4n) is 4.39. The van der Waals surface area contributed by atoms with Crippen LogP contribution in [-0.4, -0.2) is 37.0 Å². The number of rotatable bonds is 2. The van der Waals surface area contributed by atoms with Gasteiger partial charge in [0.05, 0.1) is 13.0 Å². The SMILES string of the molecule is COC(=O)C1CN(C(=O)C2CC3CCC2C3)CC1C. The molecule has 2 aliphatic carbocycles. The lowest BCUT2D eigenvalue weighted by atomic mass is 9.88. The van der Waals surface area contributed by atoms with Crippen LogP contribution in [0.5, 0.6) is 0 Å². The Morgan fingerprint density at radius 3 is 2.47 bits per heavy atom. The number of carbonyl (C=O) groups is 2. The molecule has 1 aliphatic heterocycles. The number of amides is 1. The molecular weight excluding hydrogens is 242 g/mol. The Morgan fingerprint density at radius 1 is 1.11 bits per heavy atom. The van der Waals surface area contributed by atoms with Crippen LogP contribution in [-0.2, 0) is 14.3 Å². The first-order valence-corrected chi connectivity index (χ1v) is 7.46. The van der Waals surface area contributed by atoms with E-state index in [0.717, 1.165) is 12.3 Å². The summed E-state index contributed by atoms with van der Waals surface area (Å²) in [6, 6.07) is 0. The zero-order chi connectivity index (χ0) is 13.6. The van der Waals surface area contributed by atoms with Crippen molar-refractivity contribution in [2.24, 2.45) is 29.6 Å². The molecular formula is C15H23NO3. The van der Waals surface area contributed by atoms with Crippen molar-refractivity contribution in [3.8, 4) is 0 Å². The van der Waals surface area contributed by atoms with Crippen LogP contribution in [0.1, 0.15) is 32.6 Å². The van der Waals surface area contributed by atoms with Gasteiger partial charge in [0.2, 0.25) is 5.91 Å². The summed E-state index contributed by atoms with van der Waals surface area (Å²) in [6.45, 7) is 3.31. The number of ether oxygens (including phenoxy) is 1. The van der Waals surface area contributed by atoms with Gasteiger partial charge in [-0.1, -0.05) is 13.3 Å². The van der Waals surface area contributed by atoms with Crippen molar-refractivity contribution in [2.75, 3.05) is 20.2 Å². The zero-order valence-corrected chi connectivity index (χ0v) is 11.8. The number of fused-ring (bicyclic) bond motifs is 2. The summed E-state index contributed by atoms with van der Waals surface area (Å²) in [7, 11) is 1.43. The first-order chi connectivity index (χ1) is 9.10. The van der Waals surface area contributed by atoms with Crippen LogP contribution >= 0.6 is 0 Å². The molecule has 0 aromatic rings. The summed E-state index contributed by atoms with van der Waals surface area (Å²) >= 11 is 0. The Labute approximate surface area is 114 Å². The summed E-state index contributed by atoms with van der Waals surface area (Å²) in [5.74, 6) is 1.85. The van der Waals surface area contributed by atoms with Gasteiger partial charge in [0.25, 0.3) is 0 Å². The maximum Gasteiger partial charge on any atom is 0.310 e. The maximum atomic E-state index is 12.6. The number of esters is 1. The van der Waals surface area contributed by atoms with Crippen LogP contribution in [0.15, 0.2) is 0 Å². The van der Waals surface area contributed by atoms with E-state index >= 15 is 0 Å². The molecule has 2 saturated carbocycles. The zero-order valence-electron chi connectivity index (χ0n) is 11.8. The highest BCUT2D eigenvalue weighted by atomic mass is 16.5. The standard InChI is InChI=1S/C15H23NO3/c1-9-7-16(8-13(9)15(18)19-2)14(17)12-6-10-3-4-11(12)5-10/h9-13H,3-8H2,1-2H3. The van der Waals surface area contributed by atoms with Gasteiger partial charge in [-0.25, -0.2) is 0 Å². The second-order valence-corrected chi connectivity index (χ2v) is 6.63. The summed E-state index contributed by atoms with van der Waals surface area (Å²) in [5, 5.41) is 0. The Hall–Kier alpha value is -1.06. The predicted octanol–water partition coefficient (Wildman–Crippen LogP) is 1.69. The quantitative estimate of drug-likeness (QED) is 0.714. The Kier molecular flexibility index (Phi) is 3.27. The molecule has 19 heavy (non-hydrogen) atoms. The minimum atomic E-state index is -0.171. The van der Waals surface area contributed by atoms with Gasteiger partial charge < -0.3 is 9.64 Å². The molecule has 0 radical (unpaired) electrons. The fourth-order valence-corrected chi connectivity index (χ4v) is 4.39. The second kappa shape index (κ2) is 4.80. The predicted molar refractivity (Wildman–Crippen MR) is 70.2 cm³/mol. The highest BCUT2D eigenvalue weighted by molar-refractivity contribution is 5.82. The topological polar surface area (TPSA) is 46.6 Å². The molecule has 1 amide bonds. The highest BCUT2D eigenvalue weighted by Gasteiger charge is 2.47. The van der Waals surface area contributed by atoms with Gasteiger partial charge in [-0.15, -0.1) is 0 Å². The van der Waals surface area contributed by atoms with Crippen molar-refractivity contribution < 1.29 is 14.3 Å². The van der Waals surface area contributed by atoms with E-state index in [2.05, 4.69) is 0 Å². The number of hydrogen-bond acceptors (Lipinski definition) is 3. The van der Waals surface area contributed by atoms with Gasteiger partial charge in [0, 0.05) is 19.0 Å². The minimum absolute atomic E-state index is 0.132. The smallest absolute Gasteiger partial charge is 0.310 e. The number of hydrogen-bond donors (Lipinski definition) is 0. The number of methoxy groups -OCH3 is 1. The van der Waals surface area contributed by atoms with Crippen molar-refractivity contribution in [2.45, 2.75) is 32.6 Å². The summed E-state index contributed by atoms with van der Waals surface area (Å²) in [4.78, 5) is 26.2. The third-order valence-corrected chi connectivity index (χ3v) is 5.48. The lowest BCUT2D eigenvalue weighted by molar-refractivity contribution is -0.146. The summed E-state index contributed by atoms with van der Waals surface area (Å²) in [5.41, 5.74) is 0. The normalized spacial score (nSPS) is 40.7. The third kappa shape index (κ3) is 2.15. The molecule has 0 spiro atoms. The molecule has 4 heteroatoms. The molecule has 3 fully saturated rings. The molecule has 5 atom stereocenters. The second-order valence-electron chi connectivity index (χ2n) is 6.63. The third-order valence-electron chi connectivity index (χ3n) is 5.48. The molecule has 0 N–H and O–H groups in total. The average molecular weight is 265 g/mol. The van der Waals surface area contributed by atoms with E-state index in [4.69, 9.17) is 4.74 Å². The van der Waals surface area contributed by atoms with Gasteiger partial charge >= 0.3 is 5.97 Å². The Bertz CT molecular complexity index is 395. The molecule has 4 nitrogen and oxygen atoms in total. The molecule has 2 bridgehead atoms. The fraction of sp³-hybridized carbons (Fsp3) is 0.867. The monoisotopic (exact) mass is 265 g/mol. The highest BCUT2D eigenvalue weighted by Crippen LogP contribution is 2.49. The summed E-state index contributed by atoms with van der Waals surface area (Å²) < 4.78 is 4.83. The Morgan fingerprint density at radius 2 is 1.89 bits per heavy atom. The maximum absolute atomic E-state index is 12.6. The van der Waals surface area contributed by atoms with Crippen LogP contribution in [0.25, 0.3) is 0 Å². The van der Waals surface area contributed by atoms with Crippen LogP contribution < -0.4 is 0 Å². The first-order valence-electron chi connectivity index (χ1n) is 7.46. The van der Waals surface area contributed by atoms with Gasteiger partial charge in [-0.3, -0.25) is 9.59 Å². The molecule has 0 aromatic heterocycles. The Balaban J connectivity index is 1.64. The van der Waals surface area contributed by atoms with E-state index in [-0.39, 0.29) is 23.7 Å². The number of likely N-dealkylation sites (tertiary alicyclic amines) is 1. The largest absolute Gasteiger partial charge is 0.469 e. The minimum Gasteiger partial charge on any atom is -0.469 e. The van der Waals surface area contributed by atoms with Gasteiger partial charge in [0.15, 0.2) is 0 Å². The first kappa shape index (κ1) is 12.9. The lowest BCUT2D eigenvalue weighted by Crippen LogP contribution is -2.37. The summed E-state index contributed by atoms with van der Waals surface area (Å²) in [6.07, 6.45) is 4.87. The van der Waals surface area contributed by atoms with Crippen LogP contribution in [0, 0.1) is 29.6 Å². The molecule has 0 aromatic carbocycles. The van der Waals surface area contributed by atoms with Crippen molar-refractivity contribution >= 4 is 11.9 Å². The van der Waals surface area contributed by atoms with Crippen LogP contribution in [0.3, 0.4) is 0 Å². The van der Waals surface area contributed by atoms with Gasteiger partial charge in [-0.05, 0) is 37.0 Å². The van der Waals surface area contributed by atoms with Crippen molar-refractivity contribution in [1.29, 1.82) is 0 Å². The molecule has 5 unspecified atom stereocenters. The van der Waals surface area contributed by atoms with Gasteiger partial charge in [-0.2, -0.15) is 0 Å². The molecule has 106 valence electrons. The molecule has 3 aliphatic rings. The van der Waals surface area contributed by atoms with Crippen molar-refractivity contribution in [3.05, 3.63) is 0 Å². The van der Waals surface area contributed by atoms with Gasteiger partial charge in [0.1, 0.15) is 0 Å². The van der Waals surface area contributed by atoms with E-state index in [1.54, 1.807) is 0 Å². The van der Waals surface area contributed by atoms with E-state index in [1.165, 1.54) is 26.4 Å². The van der Waals surface area contributed by atoms with E-state index in [9.17, 15) is 9.59 Å². The molecule has 3 rings (SSSR count). The molecule has 1 heterocycles. The van der Waals surface area contributed by atoms with Crippen LogP contribution in [0.2, 0.25) is 0 Å². The van der Waals surface area contributed by atoms with E-state index in [1.807, 2.05) is 11.8 Å². The lowest BCUT2D eigenvalue weighted by Gasteiger charge is -2.26.